The van der Waals surface area contributed by atoms with Crippen LogP contribution < -0.4 is 5.32 Å². The molecule has 1 aliphatic heterocycles. The van der Waals surface area contributed by atoms with E-state index in [1.165, 1.54) is 6.07 Å². The highest BCUT2D eigenvalue weighted by Crippen LogP contribution is 2.37. The number of carbonyl (C=O) groups excluding carboxylic acids is 1. The average molecular weight is 384 g/mol. The summed E-state index contributed by atoms with van der Waals surface area (Å²) < 4.78 is 44.3. The van der Waals surface area contributed by atoms with E-state index in [4.69, 9.17) is 14.0 Å². The summed E-state index contributed by atoms with van der Waals surface area (Å²) in [5, 5.41) is 7.24. The van der Waals surface area contributed by atoms with E-state index < -0.39 is 17.9 Å². The molecule has 140 valence electrons. The van der Waals surface area contributed by atoms with Gasteiger partial charge in [-0.05, 0) is 24.8 Å². The lowest BCUT2D eigenvalue weighted by molar-refractivity contribution is -0.111. The van der Waals surface area contributed by atoms with E-state index in [1.807, 2.05) is 0 Å². The van der Waals surface area contributed by atoms with Crippen LogP contribution in [0.4, 0.5) is 14.6 Å². The van der Waals surface area contributed by atoms with Crippen molar-refractivity contribution in [2.24, 2.45) is 5.92 Å². The predicted octanol–water partition coefficient (Wildman–Crippen LogP) is 3.58. The number of hydrogen-bond acceptors (Lipinski definition) is 6. The van der Waals surface area contributed by atoms with Crippen LogP contribution in [-0.4, -0.2) is 29.5 Å². The molecule has 1 saturated carbocycles. The molecule has 26 heavy (non-hydrogen) atoms. The fraction of sp³-hybridized carbons (Fsp3) is 0.529. The molecule has 0 bridgehead atoms. The first-order valence-electron chi connectivity index (χ1n) is 8.53. The number of halogens is 2. The molecule has 2 aromatic rings. The van der Waals surface area contributed by atoms with Crippen molar-refractivity contribution in [2.45, 2.75) is 38.0 Å². The Labute approximate surface area is 153 Å². The number of anilines is 1. The molecule has 0 spiro atoms. The summed E-state index contributed by atoms with van der Waals surface area (Å²) in [5.41, 5.74) is -0.279. The van der Waals surface area contributed by atoms with Crippen LogP contribution in [0.15, 0.2) is 10.6 Å². The number of fused-ring (bicyclic) bond motifs is 1. The lowest BCUT2D eigenvalue weighted by Gasteiger charge is -2.19. The molecule has 1 aromatic carbocycles. The quantitative estimate of drug-likeness (QED) is 0.768. The van der Waals surface area contributed by atoms with Gasteiger partial charge in [0, 0.05) is 18.0 Å². The van der Waals surface area contributed by atoms with Crippen molar-refractivity contribution in [3.05, 3.63) is 23.3 Å². The van der Waals surface area contributed by atoms with Crippen molar-refractivity contribution in [1.29, 1.82) is 0 Å². The number of nitrogens with zero attached hydrogens (tertiary/aromatic N) is 1. The number of rotatable bonds is 5. The van der Waals surface area contributed by atoms with Crippen molar-refractivity contribution in [1.82, 2.24) is 5.16 Å². The standard InChI is InChI=1S/C17H18F2N2O4S/c18-13-9(17-23-4-5-24-17)7-10-15(14(13)19)25-21-16(10)20-11-3-1-2-8(11)6-12(22)26/h7-8,11,17H,1-6H2,(H,20,21)(H,22,26)/t8-,11+/m0/s1. The normalized spacial score (nSPS) is 23.8. The van der Waals surface area contributed by atoms with Gasteiger partial charge >= 0.3 is 0 Å². The van der Waals surface area contributed by atoms with Crippen molar-refractivity contribution in [2.75, 3.05) is 18.5 Å². The maximum atomic E-state index is 14.4. The Bertz CT molecular complexity index is 838. The number of thiol groups is 1. The fourth-order valence-corrected chi connectivity index (χ4v) is 3.95. The third kappa shape index (κ3) is 3.19. The van der Waals surface area contributed by atoms with Gasteiger partial charge in [-0.1, -0.05) is 11.6 Å². The molecule has 0 radical (unpaired) electrons. The van der Waals surface area contributed by atoms with Crippen LogP contribution in [-0.2, 0) is 14.3 Å². The van der Waals surface area contributed by atoms with Crippen LogP contribution in [0, 0.1) is 17.6 Å². The van der Waals surface area contributed by atoms with Crippen molar-refractivity contribution in [3.63, 3.8) is 0 Å². The van der Waals surface area contributed by atoms with E-state index in [2.05, 4.69) is 23.1 Å². The first kappa shape index (κ1) is 17.7. The lowest BCUT2D eigenvalue weighted by Crippen LogP contribution is -2.25. The van der Waals surface area contributed by atoms with Crippen molar-refractivity contribution >= 4 is 34.5 Å². The monoisotopic (exact) mass is 384 g/mol. The molecule has 1 N–H and O–H groups in total. The third-order valence-electron chi connectivity index (χ3n) is 4.97. The molecule has 2 heterocycles. The highest BCUT2D eigenvalue weighted by Gasteiger charge is 2.32. The maximum absolute atomic E-state index is 14.4. The minimum atomic E-state index is -1.12. The summed E-state index contributed by atoms with van der Waals surface area (Å²) in [7, 11) is 0. The minimum absolute atomic E-state index is 0.00468. The van der Waals surface area contributed by atoms with E-state index in [0.717, 1.165) is 19.3 Å². The number of carbonyl (C=O) groups is 1. The zero-order valence-corrected chi connectivity index (χ0v) is 14.7. The summed E-state index contributed by atoms with van der Waals surface area (Å²) in [4.78, 5) is 11.3. The fourth-order valence-electron chi connectivity index (χ4n) is 3.72. The third-order valence-corrected chi connectivity index (χ3v) is 5.15. The Morgan fingerprint density at radius 3 is 2.77 bits per heavy atom. The van der Waals surface area contributed by atoms with Crippen LogP contribution in [0.2, 0.25) is 0 Å². The summed E-state index contributed by atoms with van der Waals surface area (Å²) in [6.07, 6.45) is 2.13. The maximum Gasteiger partial charge on any atom is 0.207 e. The highest BCUT2D eigenvalue weighted by atomic mass is 32.1. The SMILES string of the molecule is O=C(S)C[C@@H]1CCC[C@H]1Nc1noc2c(F)c(F)c(C3OCCO3)cc12. The number of nitrogens with one attached hydrogen (secondary N) is 1. The summed E-state index contributed by atoms with van der Waals surface area (Å²) in [5.74, 6) is -1.74. The molecule has 0 unspecified atom stereocenters. The Kier molecular flexibility index (Phi) is 4.85. The van der Waals surface area contributed by atoms with E-state index in [9.17, 15) is 13.6 Å². The van der Waals surface area contributed by atoms with Crippen LogP contribution >= 0.6 is 12.6 Å². The number of hydrogen-bond donors (Lipinski definition) is 2. The van der Waals surface area contributed by atoms with E-state index in [0.29, 0.717) is 30.8 Å². The largest absolute Gasteiger partial charge is 0.364 e. The molecule has 6 nitrogen and oxygen atoms in total. The summed E-state index contributed by atoms with van der Waals surface area (Å²) in [6.45, 7) is 0.639. The van der Waals surface area contributed by atoms with Gasteiger partial charge in [0.2, 0.25) is 11.4 Å². The van der Waals surface area contributed by atoms with Crippen LogP contribution in [0.5, 0.6) is 0 Å². The van der Waals surface area contributed by atoms with Gasteiger partial charge in [-0.2, -0.15) is 4.39 Å². The van der Waals surface area contributed by atoms with Gasteiger partial charge in [-0.15, -0.1) is 12.6 Å². The molecule has 1 saturated heterocycles. The molecular weight excluding hydrogens is 366 g/mol. The first-order valence-corrected chi connectivity index (χ1v) is 8.98. The van der Waals surface area contributed by atoms with Gasteiger partial charge in [-0.3, -0.25) is 4.79 Å². The Morgan fingerprint density at radius 2 is 2.04 bits per heavy atom. The molecule has 1 aliphatic carbocycles. The molecule has 9 heteroatoms. The smallest absolute Gasteiger partial charge is 0.207 e. The van der Waals surface area contributed by atoms with E-state index in [1.54, 1.807) is 0 Å². The van der Waals surface area contributed by atoms with E-state index >= 15 is 0 Å². The van der Waals surface area contributed by atoms with Gasteiger partial charge in [0.15, 0.2) is 23.0 Å². The number of aromatic nitrogens is 1. The van der Waals surface area contributed by atoms with Crippen LogP contribution in [0.3, 0.4) is 0 Å². The Balaban J connectivity index is 1.66. The molecular formula is C17H18F2N2O4S. The molecule has 0 amide bonds. The van der Waals surface area contributed by atoms with E-state index in [-0.39, 0.29) is 28.2 Å². The second-order valence-electron chi connectivity index (χ2n) is 6.61. The molecule has 2 fully saturated rings. The van der Waals surface area contributed by atoms with Crippen molar-refractivity contribution in [3.8, 4) is 0 Å². The van der Waals surface area contributed by atoms with Gasteiger partial charge in [-0.25, -0.2) is 4.39 Å². The highest BCUT2D eigenvalue weighted by molar-refractivity contribution is 7.96. The summed E-state index contributed by atoms with van der Waals surface area (Å²) >= 11 is 3.85. The summed E-state index contributed by atoms with van der Waals surface area (Å²) in [6, 6.07) is 1.44. The van der Waals surface area contributed by atoms with Gasteiger partial charge in [0.1, 0.15) is 0 Å². The molecule has 4 rings (SSSR count). The van der Waals surface area contributed by atoms with Gasteiger partial charge < -0.3 is 19.3 Å². The van der Waals surface area contributed by atoms with Crippen molar-refractivity contribution < 1.29 is 27.6 Å². The molecule has 1 aromatic heterocycles. The van der Waals surface area contributed by atoms with Crippen LogP contribution in [0.1, 0.15) is 37.5 Å². The zero-order valence-electron chi connectivity index (χ0n) is 13.8. The minimum Gasteiger partial charge on any atom is -0.364 e. The first-order chi connectivity index (χ1) is 12.5. The lowest BCUT2D eigenvalue weighted by atomic mass is 10.00. The van der Waals surface area contributed by atoms with Gasteiger partial charge in [0.25, 0.3) is 0 Å². The van der Waals surface area contributed by atoms with Crippen LogP contribution in [0.25, 0.3) is 11.0 Å². The Morgan fingerprint density at radius 1 is 1.27 bits per heavy atom. The van der Waals surface area contributed by atoms with Gasteiger partial charge in [0.05, 0.1) is 18.6 Å². The molecule has 2 atom stereocenters. The second-order valence-corrected chi connectivity index (χ2v) is 7.11. The molecule has 2 aliphatic rings. The zero-order chi connectivity index (χ0) is 18.3. The topological polar surface area (TPSA) is 73.6 Å². The number of benzene rings is 1. The average Bonchev–Trinajstić information content (AvgIpc) is 3.33. The second kappa shape index (κ2) is 7.13. The number of ether oxygens (including phenoxy) is 2. The predicted molar refractivity (Wildman–Crippen MR) is 91.9 cm³/mol. The Hall–Kier alpha value is -1.71.